The highest BCUT2D eigenvalue weighted by Gasteiger charge is 2.23. The Morgan fingerprint density at radius 1 is 1.21 bits per heavy atom. The first kappa shape index (κ1) is 15.3. The van der Waals surface area contributed by atoms with Gasteiger partial charge in [-0.3, -0.25) is 5.01 Å². The Hall–Kier alpha value is -2.25. The van der Waals surface area contributed by atoms with Crippen LogP contribution in [0.25, 0.3) is 11.2 Å². The van der Waals surface area contributed by atoms with Crippen LogP contribution in [0.15, 0.2) is 30.6 Å². The van der Waals surface area contributed by atoms with Crippen molar-refractivity contribution in [2.45, 2.75) is 31.7 Å². The smallest absolute Gasteiger partial charge is 0.226 e. The highest BCUT2D eigenvalue weighted by atomic mass is 35.5. The number of imidazole rings is 1. The zero-order chi connectivity index (χ0) is 16.7. The molecule has 0 aliphatic heterocycles. The molecule has 0 unspecified atom stereocenters. The van der Waals surface area contributed by atoms with Crippen molar-refractivity contribution in [3.05, 3.63) is 41.7 Å². The molecule has 0 radical (unpaired) electrons. The predicted octanol–water partition coefficient (Wildman–Crippen LogP) is 3.75. The summed E-state index contributed by atoms with van der Waals surface area (Å²) in [7, 11) is 0. The first-order valence-corrected chi connectivity index (χ1v) is 8.22. The highest BCUT2D eigenvalue weighted by molar-refractivity contribution is 6.28. The van der Waals surface area contributed by atoms with Gasteiger partial charge in [-0.05, 0) is 36.6 Å². The zero-order valence-electron chi connectivity index (χ0n) is 12.9. The largest absolute Gasteiger partial charge is 0.312 e. The number of benzene rings is 1. The number of anilines is 2. The van der Waals surface area contributed by atoms with Crippen molar-refractivity contribution < 1.29 is 4.39 Å². The fourth-order valence-corrected chi connectivity index (χ4v) is 3.41. The first-order valence-electron chi connectivity index (χ1n) is 7.84. The molecule has 1 saturated carbocycles. The Morgan fingerprint density at radius 3 is 2.71 bits per heavy atom. The van der Waals surface area contributed by atoms with E-state index in [1.54, 1.807) is 24.5 Å². The van der Waals surface area contributed by atoms with Gasteiger partial charge < -0.3 is 4.57 Å². The average molecular weight is 347 g/mol. The molecule has 3 aromatic rings. The van der Waals surface area contributed by atoms with Crippen molar-refractivity contribution in [1.82, 2.24) is 19.5 Å². The van der Waals surface area contributed by atoms with Crippen LogP contribution >= 0.6 is 11.6 Å². The van der Waals surface area contributed by atoms with E-state index in [2.05, 4.69) is 15.0 Å². The quantitative estimate of drug-likeness (QED) is 0.444. The SMILES string of the molecule is NN(c1ccccc1F)c1nc(Cl)nc2c1ncn2C1CCCC1. The van der Waals surface area contributed by atoms with Gasteiger partial charge in [-0.15, -0.1) is 0 Å². The number of para-hydroxylation sites is 1. The molecule has 2 heterocycles. The summed E-state index contributed by atoms with van der Waals surface area (Å²) in [4.78, 5) is 12.9. The normalized spacial score (nSPS) is 15.3. The monoisotopic (exact) mass is 346 g/mol. The van der Waals surface area contributed by atoms with Crippen LogP contribution in [-0.4, -0.2) is 19.5 Å². The second-order valence-electron chi connectivity index (χ2n) is 5.90. The number of fused-ring (bicyclic) bond motifs is 1. The van der Waals surface area contributed by atoms with Crippen LogP contribution in [0.4, 0.5) is 15.9 Å². The van der Waals surface area contributed by atoms with Crippen molar-refractivity contribution in [3.8, 4) is 0 Å². The minimum atomic E-state index is -0.446. The molecule has 8 heteroatoms. The van der Waals surface area contributed by atoms with Crippen LogP contribution in [-0.2, 0) is 0 Å². The Bertz CT molecular complexity index is 889. The maximum atomic E-state index is 14.1. The lowest BCUT2D eigenvalue weighted by atomic mass is 10.2. The van der Waals surface area contributed by atoms with E-state index in [0.717, 1.165) is 17.9 Å². The second-order valence-corrected chi connectivity index (χ2v) is 6.24. The third kappa shape index (κ3) is 2.50. The van der Waals surface area contributed by atoms with Crippen LogP contribution in [0.5, 0.6) is 0 Å². The Kier molecular flexibility index (Phi) is 3.82. The van der Waals surface area contributed by atoms with Crippen LogP contribution in [0, 0.1) is 5.82 Å². The van der Waals surface area contributed by atoms with Crippen molar-refractivity contribution in [3.63, 3.8) is 0 Å². The van der Waals surface area contributed by atoms with Crippen molar-refractivity contribution in [2.75, 3.05) is 5.01 Å². The van der Waals surface area contributed by atoms with Crippen LogP contribution in [0.1, 0.15) is 31.7 Å². The Balaban J connectivity index is 1.85. The molecule has 0 spiro atoms. The molecule has 0 bridgehead atoms. The van der Waals surface area contributed by atoms with Gasteiger partial charge in [-0.2, -0.15) is 9.97 Å². The van der Waals surface area contributed by atoms with E-state index < -0.39 is 5.82 Å². The predicted molar refractivity (Wildman–Crippen MR) is 90.6 cm³/mol. The molecule has 0 atom stereocenters. The molecule has 0 amide bonds. The number of hydrogen-bond donors (Lipinski definition) is 1. The third-order valence-corrected chi connectivity index (χ3v) is 4.60. The van der Waals surface area contributed by atoms with Gasteiger partial charge in [-0.1, -0.05) is 25.0 Å². The van der Waals surface area contributed by atoms with E-state index in [1.807, 2.05) is 4.57 Å². The average Bonchev–Trinajstić information content (AvgIpc) is 3.22. The summed E-state index contributed by atoms with van der Waals surface area (Å²) < 4.78 is 16.1. The van der Waals surface area contributed by atoms with E-state index in [0.29, 0.717) is 17.2 Å². The molecule has 124 valence electrons. The molecule has 1 fully saturated rings. The zero-order valence-corrected chi connectivity index (χ0v) is 13.6. The summed E-state index contributed by atoms with van der Waals surface area (Å²) in [5.74, 6) is 5.95. The minimum Gasteiger partial charge on any atom is -0.312 e. The van der Waals surface area contributed by atoms with Crippen LogP contribution in [0.3, 0.4) is 0 Å². The van der Waals surface area contributed by atoms with Gasteiger partial charge in [0, 0.05) is 6.04 Å². The van der Waals surface area contributed by atoms with Crippen molar-refractivity contribution in [1.29, 1.82) is 0 Å². The van der Waals surface area contributed by atoms with Gasteiger partial charge in [0.25, 0.3) is 0 Å². The lowest BCUT2D eigenvalue weighted by Gasteiger charge is -2.19. The van der Waals surface area contributed by atoms with Gasteiger partial charge in [0.2, 0.25) is 5.28 Å². The standard InChI is InChI=1S/C16H16ClFN6/c17-16-21-14-13(20-9-23(14)10-5-1-2-6-10)15(22-16)24(19)12-8-4-3-7-11(12)18/h3-4,7-10H,1-2,5-6,19H2. The maximum Gasteiger partial charge on any atom is 0.226 e. The number of nitrogens with zero attached hydrogens (tertiary/aromatic N) is 5. The summed E-state index contributed by atoms with van der Waals surface area (Å²) in [6.45, 7) is 0. The Morgan fingerprint density at radius 2 is 1.96 bits per heavy atom. The number of hydrogen-bond acceptors (Lipinski definition) is 5. The van der Waals surface area contributed by atoms with E-state index in [-0.39, 0.29) is 16.8 Å². The molecule has 1 aromatic carbocycles. The summed E-state index contributed by atoms with van der Waals surface area (Å²) in [6, 6.07) is 6.57. The Labute approximate surface area is 143 Å². The first-order chi connectivity index (χ1) is 11.6. The number of rotatable bonds is 3. The number of hydrazine groups is 1. The van der Waals surface area contributed by atoms with E-state index in [1.165, 1.54) is 18.9 Å². The number of nitrogens with two attached hydrogens (primary N) is 1. The highest BCUT2D eigenvalue weighted by Crippen LogP contribution is 2.34. The van der Waals surface area contributed by atoms with Gasteiger partial charge in [0.05, 0.1) is 12.0 Å². The lowest BCUT2D eigenvalue weighted by Crippen LogP contribution is -2.27. The van der Waals surface area contributed by atoms with Crippen molar-refractivity contribution in [2.24, 2.45) is 5.84 Å². The summed E-state index contributed by atoms with van der Waals surface area (Å²) in [5, 5.41) is 1.22. The minimum absolute atomic E-state index is 0.0593. The summed E-state index contributed by atoms with van der Waals surface area (Å²) >= 11 is 6.09. The van der Waals surface area contributed by atoms with Crippen LogP contribution in [0.2, 0.25) is 5.28 Å². The number of halogens is 2. The summed E-state index contributed by atoms with van der Waals surface area (Å²) in [6.07, 6.45) is 6.29. The molecule has 0 saturated heterocycles. The van der Waals surface area contributed by atoms with Gasteiger partial charge >= 0.3 is 0 Å². The molecular weight excluding hydrogens is 331 g/mol. The van der Waals surface area contributed by atoms with Crippen LogP contribution < -0.4 is 10.9 Å². The van der Waals surface area contributed by atoms with Crippen molar-refractivity contribution >= 4 is 34.3 Å². The van der Waals surface area contributed by atoms with Gasteiger partial charge in [0.15, 0.2) is 17.0 Å². The fraction of sp³-hybridized carbons (Fsp3) is 0.312. The van der Waals surface area contributed by atoms with Gasteiger partial charge in [0.1, 0.15) is 5.82 Å². The third-order valence-electron chi connectivity index (χ3n) is 4.43. The molecule has 2 N–H and O–H groups in total. The molecule has 4 rings (SSSR count). The molecule has 6 nitrogen and oxygen atoms in total. The maximum absolute atomic E-state index is 14.1. The van der Waals surface area contributed by atoms with E-state index >= 15 is 0 Å². The number of aromatic nitrogens is 4. The molecule has 2 aromatic heterocycles. The topological polar surface area (TPSA) is 72.9 Å². The second kappa shape index (κ2) is 5.99. The molecular formula is C16H16ClFN6. The molecule has 24 heavy (non-hydrogen) atoms. The fourth-order valence-electron chi connectivity index (χ4n) is 3.25. The molecule has 1 aliphatic carbocycles. The van der Waals surface area contributed by atoms with Gasteiger partial charge in [-0.25, -0.2) is 15.2 Å². The summed E-state index contributed by atoms with van der Waals surface area (Å²) in [5.41, 5.74) is 1.34. The van der Waals surface area contributed by atoms with E-state index in [4.69, 9.17) is 17.4 Å². The lowest BCUT2D eigenvalue weighted by molar-refractivity contribution is 0.529. The van der Waals surface area contributed by atoms with E-state index in [9.17, 15) is 4.39 Å². The molecule has 1 aliphatic rings.